The zero-order valence-electron chi connectivity index (χ0n) is 13.6. The summed E-state index contributed by atoms with van der Waals surface area (Å²) < 4.78 is 0. The van der Waals surface area contributed by atoms with Crippen molar-refractivity contribution >= 4 is 28.4 Å². The molecule has 0 radical (unpaired) electrons. The molecule has 0 atom stereocenters. The molecule has 0 spiro atoms. The van der Waals surface area contributed by atoms with E-state index in [1.54, 1.807) is 0 Å². The Bertz CT molecular complexity index is 876. The molecule has 0 aliphatic rings. The number of para-hydroxylation sites is 1. The predicted octanol–water partition coefficient (Wildman–Crippen LogP) is 5.09. The fourth-order valence-electron chi connectivity index (χ4n) is 2.64. The third-order valence-corrected chi connectivity index (χ3v) is 4.26. The highest BCUT2D eigenvalue weighted by atomic mass is 35.5. The smallest absolute Gasteiger partial charge is 0.252 e. The molecule has 1 amide bonds. The number of carbonyl (C=O) groups excluding carboxylic acids is 1. The van der Waals surface area contributed by atoms with Gasteiger partial charge in [-0.25, -0.2) is 4.98 Å². The first-order chi connectivity index (χ1) is 11.7. The van der Waals surface area contributed by atoms with Gasteiger partial charge in [0.25, 0.3) is 5.91 Å². The van der Waals surface area contributed by atoms with E-state index in [1.807, 2.05) is 54.6 Å². The Morgan fingerprint density at radius 2 is 1.88 bits per heavy atom. The Hall–Kier alpha value is -2.39. The monoisotopic (exact) mass is 338 g/mol. The van der Waals surface area contributed by atoms with Gasteiger partial charge < -0.3 is 5.32 Å². The lowest BCUT2D eigenvalue weighted by molar-refractivity contribution is 0.0955. The van der Waals surface area contributed by atoms with Crippen LogP contribution in [0.25, 0.3) is 22.2 Å². The van der Waals surface area contributed by atoms with Gasteiger partial charge in [-0.1, -0.05) is 61.3 Å². The zero-order valence-corrected chi connectivity index (χ0v) is 14.3. The van der Waals surface area contributed by atoms with Crippen molar-refractivity contribution in [3.63, 3.8) is 0 Å². The van der Waals surface area contributed by atoms with Crippen molar-refractivity contribution in [2.24, 2.45) is 0 Å². The van der Waals surface area contributed by atoms with Crippen molar-refractivity contribution < 1.29 is 4.79 Å². The topological polar surface area (TPSA) is 42.0 Å². The molecule has 1 aromatic heterocycles. The van der Waals surface area contributed by atoms with Crippen molar-refractivity contribution in [2.45, 2.75) is 19.8 Å². The summed E-state index contributed by atoms with van der Waals surface area (Å²) in [7, 11) is 0. The van der Waals surface area contributed by atoms with E-state index >= 15 is 0 Å². The summed E-state index contributed by atoms with van der Waals surface area (Å²) >= 11 is 6.30. The number of unbranched alkanes of at least 4 members (excludes halogenated alkanes) is 1. The molecular formula is C20H19ClN2O. The summed E-state index contributed by atoms with van der Waals surface area (Å²) in [6.07, 6.45) is 2.01. The SMILES string of the molecule is CCCCNC(=O)c1cc(-c2ccccc2Cl)nc2ccccc12. The lowest BCUT2D eigenvalue weighted by Gasteiger charge is -2.11. The molecule has 0 aliphatic heterocycles. The number of nitrogens with one attached hydrogen (secondary N) is 1. The minimum Gasteiger partial charge on any atom is -0.352 e. The molecule has 0 fully saturated rings. The van der Waals surface area contributed by atoms with Crippen LogP contribution in [-0.2, 0) is 0 Å². The number of hydrogen-bond acceptors (Lipinski definition) is 2. The van der Waals surface area contributed by atoms with Crippen molar-refractivity contribution in [2.75, 3.05) is 6.54 Å². The molecule has 4 heteroatoms. The highest BCUT2D eigenvalue weighted by molar-refractivity contribution is 6.33. The zero-order chi connectivity index (χ0) is 16.9. The maximum Gasteiger partial charge on any atom is 0.252 e. The van der Waals surface area contributed by atoms with Crippen LogP contribution in [0.5, 0.6) is 0 Å². The molecule has 1 heterocycles. The molecule has 2 aromatic carbocycles. The van der Waals surface area contributed by atoms with Crippen LogP contribution in [0.15, 0.2) is 54.6 Å². The molecule has 122 valence electrons. The molecule has 0 saturated carbocycles. The van der Waals surface area contributed by atoms with E-state index < -0.39 is 0 Å². The number of nitrogens with zero attached hydrogens (tertiary/aromatic N) is 1. The van der Waals surface area contributed by atoms with E-state index in [1.165, 1.54) is 0 Å². The number of hydrogen-bond donors (Lipinski definition) is 1. The number of rotatable bonds is 5. The summed E-state index contributed by atoms with van der Waals surface area (Å²) in [5.74, 6) is -0.0737. The maximum atomic E-state index is 12.6. The van der Waals surface area contributed by atoms with E-state index in [0.29, 0.717) is 22.8 Å². The van der Waals surface area contributed by atoms with Crippen LogP contribution >= 0.6 is 11.6 Å². The average molecular weight is 339 g/mol. The van der Waals surface area contributed by atoms with Crippen molar-refractivity contribution in [1.82, 2.24) is 10.3 Å². The largest absolute Gasteiger partial charge is 0.352 e. The third kappa shape index (κ3) is 3.41. The summed E-state index contributed by atoms with van der Waals surface area (Å²) in [5, 5.41) is 4.46. The quantitative estimate of drug-likeness (QED) is 0.659. The fourth-order valence-corrected chi connectivity index (χ4v) is 2.88. The van der Waals surface area contributed by atoms with E-state index in [2.05, 4.69) is 17.2 Å². The number of benzene rings is 2. The van der Waals surface area contributed by atoms with Crippen molar-refractivity contribution in [3.05, 3.63) is 65.2 Å². The average Bonchev–Trinajstić information content (AvgIpc) is 2.61. The second-order valence-corrected chi connectivity index (χ2v) is 6.07. The van der Waals surface area contributed by atoms with Crippen LogP contribution in [0, 0.1) is 0 Å². The summed E-state index contributed by atoms with van der Waals surface area (Å²) in [6, 6.07) is 17.0. The number of carbonyl (C=O) groups is 1. The van der Waals surface area contributed by atoms with Gasteiger partial charge in [0, 0.05) is 22.5 Å². The van der Waals surface area contributed by atoms with Crippen molar-refractivity contribution in [1.29, 1.82) is 0 Å². The van der Waals surface area contributed by atoms with Crippen LogP contribution in [0.4, 0.5) is 0 Å². The molecule has 1 N–H and O–H groups in total. The third-order valence-electron chi connectivity index (χ3n) is 3.93. The molecule has 0 unspecified atom stereocenters. The van der Waals surface area contributed by atoms with Gasteiger partial charge in [0.15, 0.2) is 0 Å². The summed E-state index contributed by atoms with van der Waals surface area (Å²) in [4.78, 5) is 17.3. The fraction of sp³-hybridized carbons (Fsp3) is 0.200. The second-order valence-electron chi connectivity index (χ2n) is 5.66. The van der Waals surface area contributed by atoms with Crippen LogP contribution in [0.1, 0.15) is 30.1 Å². The number of fused-ring (bicyclic) bond motifs is 1. The highest BCUT2D eigenvalue weighted by Gasteiger charge is 2.14. The Labute approximate surface area is 146 Å². The van der Waals surface area contributed by atoms with E-state index in [4.69, 9.17) is 11.6 Å². The highest BCUT2D eigenvalue weighted by Crippen LogP contribution is 2.29. The van der Waals surface area contributed by atoms with Gasteiger partial charge in [0.05, 0.1) is 16.8 Å². The van der Waals surface area contributed by atoms with E-state index in [9.17, 15) is 4.79 Å². The molecule has 3 rings (SSSR count). The molecule has 0 bridgehead atoms. The van der Waals surface area contributed by atoms with Crippen LogP contribution < -0.4 is 5.32 Å². The van der Waals surface area contributed by atoms with Crippen LogP contribution in [0.3, 0.4) is 0 Å². The van der Waals surface area contributed by atoms with Crippen molar-refractivity contribution in [3.8, 4) is 11.3 Å². The number of amides is 1. The number of halogens is 1. The first-order valence-electron chi connectivity index (χ1n) is 8.13. The Morgan fingerprint density at radius 1 is 1.12 bits per heavy atom. The molecule has 0 saturated heterocycles. The van der Waals surface area contributed by atoms with Gasteiger partial charge in [-0.05, 0) is 24.6 Å². The molecular weight excluding hydrogens is 320 g/mol. The first kappa shape index (κ1) is 16.5. The molecule has 3 nitrogen and oxygen atoms in total. The maximum absolute atomic E-state index is 12.6. The molecule has 0 aliphatic carbocycles. The molecule has 24 heavy (non-hydrogen) atoms. The standard InChI is InChI=1S/C20H19ClN2O/c1-2-3-12-22-20(24)16-13-19(15-9-4-6-10-17(15)21)23-18-11-7-5-8-14(16)18/h4-11,13H,2-3,12H2,1H3,(H,22,24). The lowest BCUT2D eigenvalue weighted by atomic mass is 10.0. The summed E-state index contributed by atoms with van der Waals surface area (Å²) in [6.45, 7) is 2.77. The van der Waals surface area contributed by atoms with Gasteiger partial charge in [-0.2, -0.15) is 0 Å². The minimum absolute atomic E-state index is 0.0737. The normalized spacial score (nSPS) is 10.8. The summed E-state index contributed by atoms with van der Waals surface area (Å²) in [5.41, 5.74) is 2.95. The first-order valence-corrected chi connectivity index (χ1v) is 8.51. The molecule has 3 aromatic rings. The van der Waals surface area contributed by atoms with Gasteiger partial charge in [0.1, 0.15) is 0 Å². The van der Waals surface area contributed by atoms with Crippen LogP contribution in [0.2, 0.25) is 5.02 Å². The Kier molecular flexibility index (Phi) is 5.11. The lowest BCUT2D eigenvalue weighted by Crippen LogP contribution is -2.24. The predicted molar refractivity (Wildman–Crippen MR) is 99.4 cm³/mol. The Morgan fingerprint density at radius 3 is 2.67 bits per heavy atom. The Balaban J connectivity index is 2.10. The van der Waals surface area contributed by atoms with Gasteiger partial charge in [-0.3, -0.25) is 4.79 Å². The van der Waals surface area contributed by atoms with Crippen LogP contribution in [-0.4, -0.2) is 17.4 Å². The van der Waals surface area contributed by atoms with Gasteiger partial charge >= 0.3 is 0 Å². The van der Waals surface area contributed by atoms with Gasteiger partial charge in [-0.15, -0.1) is 0 Å². The number of aromatic nitrogens is 1. The number of pyridine rings is 1. The van der Waals surface area contributed by atoms with Gasteiger partial charge in [0.2, 0.25) is 0 Å². The minimum atomic E-state index is -0.0737. The van der Waals surface area contributed by atoms with E-state index in [0.717, 1.165) is 29.3 Å². The second kappa shape index (κ2) is 7.45. The van der Waals surface area contributed by atoms with E-state index in [-0.39, 0.29) is 5.91 Å².